The van der Waals surface area contributed by atoms with Crippen molar-refractivity contribution in [1.82, 2.24) is 0 Å². The fraction of sp³-hybridized carbons (Fsp3) is 0.412. The van der Waals surface area contributed by atoms with E-state index in [1.54, 1.807) is 0 Å². The summed E-state index contributed by atoms with van der Waals surface area (Å²) in [5, 5.41) is 9.04. The monoisotopic (exact) mass is 287 g/mol. The van der Waals surface area contributed by atoms with Gasteiger partial charge in [-0.15, -0.1) is 0 Å². The molecular weight excluding hydrogens is 266 g/mol. The van der Waals surface area contributed by atoms with Crippen molar-refractivity contribution < 1.29 is 14.3 Å². The number of hydrogen-bond acceptors (Lipinski definition) is 4. The van der Waals surface area contributed by atoms with Crippen molar-refractivity contribution in [3.8, 4) is 11.8 Å². The van der Waals surface area contributed by atoms with Gasteiger partial charge in [-0.2, -0.15) is 5.26 Å². The summed E-state index contributed by atoms with van der Waals surface area (Å²) in [5.41, 5.74) is 0.774. The molecule has 0 aliphatic heterocycles. The van der Waals surface area contributed by atoms with Gasteiger partial charge in [-0.25, -0.2) is 4.79 Å². The first-order chi connectivity index (χ1) is 10.2. The molecule has 0 unspecified atom stereocenters. The van der Waals surface area contributed by atoms with Gasteiger partial charge in [0.05, 0.1) is 13.2 Å². The molecule has 0 amide bonds. The molecule has 0 atom stereocenters. The Hall–Kier alpha value is -2.28. The van der Waals surface area contributed by atoms with Crippen LogP contribution in [0.4, 0.5) is 0 Å². The molecule has 0 aliphatic rings. The molecule has 0 saturated heterocycles. The van der Waals surface area contributed by atoms with E-state index in [0.717, 1.165) is 30.6 Å². The molecular formula is C17H21NO3. The van der Waals surface area contributed by atoms with Crippen LogP contribution in [-0.2, 0) is 9.53 Å². The predicted molar refractivity (Wildman–Crippen MR) is 81.7 cm³/mol. The molecule has 0 aromatic heterocycles. The fourth-order valence-corrected chi connectivity index (χ4v) is 1.57. The third kappa shape index (κ3) is 6.13. The number of ether oxygens (including phenoxy) is 2. The maximum atomic E-state index is 11.7. The molecule has 4 nitrogen and oxygen atoms in total. The van der Waals surface area contributed by atoms with E-state index in [2.05, 4.69) is 0 Å². The number of nitrogens with zero attached hydrogens (tertiary/aromatic N) is 1. The molecule has 0 bridgehead atoms. The zero-order chi connectivity index (χ0) is 15.5. The highest BCUT2D eigenvalue weighted by atomic mass is 16.5. The molecule has 0 spiro atoms. The zero-order valence-corrected chi connectivity index (χ0v) is 12.6. The molecule has 112 valence electrons. The fourth-order valence-electron chi connectivity index (χ4n) is 1.57. The van der Waals surface area contributed by atoms with Gasteiger partial charge in [0.25, 0.3) is 0 Å². The van der Waals surface area contributed by atoms with Crippen LogP contribution in [-0.4, -0.2) is 19.2 Å². The number of esters is 1. The molecule has 0 fully saturated rings. The Morgan fingerprint density at radius 3 is 2.48 bits per heavy atom. The van der Waals surface area contributed by atoms with Crippen LogP contribution in [0, 0.1) is 11.3 Å². The minimum atomic E-state index is -0.572. The topological polar surface area (TPSA) is 59.3 Å². The predicted octanol–water partition coefficient (Wildman–Crippen LogP) is 3.73. The Morgan fingerprint density at radius 1 is 1.19 bits per heavy atom. The number of nitriles is 1. The first kappa shape index (κ1) is 16.8. The second kappa shape index (κ2) is 9.60. The highest BCUT2D eigenvalue weighted by Crippen LogP contribution is 2.15. The smallest absolute Gasteiger partial charge is 0.348 e. The van der Waals surface area contributed by atoms with E-state index < -0.39 is 5.97 Å². The summed E-state index contributed by atoms with van der Waals surface area (Å²) in [4.78, 5) is 11.7. The molecule has 21 heavy (non-hydrogen) atoms. The molecule has 0 N–H and O–H groups in total. The molecule has 4 heteroatoms. The summed E-state index contributed by atoms with van der Waals surface area (Å²) >= 11 is 0. The van der Waals surface area contributed by atoms with Crippen molar-refractivity contribution in [3.63, 3.8) is 0 Å². The summed E-state index contributed by atoms with van der Waals surface area (Å²) in [5.74, 6) is 0.204. The average Bonchev–Trinajstić information content (AvgIpc) is 2.51. The number of unbranched alkanes of at least 4 members (excludes halogenated alkanes) is 1. The molecule has 0 heterocycles. The third-order valence-corrected chi connectivity index (χ3v) is 2.74. The second-order valence-corrected chi connectivity index (χ2v) is 4.58. The summed E-state index contributed by atoms with van der Waals surface area (Å²) in [7, 11) is 0. The van der Waals surface area contributed by atoms with Crippen LogP contribution in [0.15, 0.2) is 29.8 Å². The van der Waals surface area contributed by atoms with E-state index in [1.807, 2.05) is 44.2 Å². The second-order valence-electron chi connectivity index (χ2n) is 4.58. The van der Waals surface area contributed by atoms with Gasteiger partial charge in [0.15, 0.2) is 0 Å². The van der Waals surface area contributed by atoms with Crippen LogP contribution in [0.25, 0.3) is 6.08 Å². The standard InChI is InChI=1S/C17H21NO3/c1-3-5-11-21-17(19)15(13-18)12-14-6-8-16(9-7-14)20-10-4-2/h6-9,12H,3-5,10-11H2,1-2H3/b15-12-. The number of carbonyl (C=O) groups is 1. The third-order valence-electron chi connectivity index (χ3n) is 2.74. The lowest BCUT2D eigenvalue weighted by molar-refractivity contribution is -0.138. The van der Waals surface area contributed by atoms with Gasteiger partial charge in [0.2, 0.25) is 0 Å². The number of rotatable bonds is 8. The average molecular weight is 287 g/mol. The maximum absolute atomic E-state index is 11.7. The van der Waals surface area contributed by atoms with Gasteiger partial charge in [0, 0.05) is 0 Å². The number of benzene rings is 1. The lowest BCUT2D eigenvalue weighted by atomic mass is 10.1. The lowest BCUT2D eigenvalue weighted by Crippen LogP contribution is -2.07. The van der Waals surface area contributed by atoms with Crippen molar-refractivity contribution in [3.05, 3.63) is 35.4 Å². The Morgan fingerprint density at radius 2 is 1.90 bits per heavy atom. The van der Waals surface area contributed by atoms with Crippen molar-refractivity contribution in [2.24, 2.45) is 0 Å². The normalized spacial score (nSPS) is 10.8. The zero-order valence-electron chi connectivity index (χ0n) is 12.6. The van der Waals surface area contributed by atoms with Crippen molar-refractivity contribution in [2.75, 3.05) is 13.2 Å². The number of carbonyl (C=O) groups excluding carboxylic acids is 1. The van der Waals surface area contributed by atoms with Crippen LogP contribution < -0.4 is 4.74 Å². The van der Waals surface area contributed by atoms with Gasteiger partial charge in [-0.05, 0) is 36.6 Å². The molecule has 0 aliphatic carbocycles. The van der Waals surface area contributed by atoms with Gasteiger partial charge in [-0.3, -0.25) is 0 Å². The molecule has 1 rings (SSSR count). The first-order valence-electron chi connectivity index (χ1n) is 7.23. The van der Waals surface area contributed by atoms with Gasteiger partial charge < -0.3 is 9.47 Å². The van der Waals surface area contributed by atoms with Crippen LogP contribution in [0.3, 0.4) is 0 Å². The van der Waals surface area contributed by atoms with E-state index in [1.165, 1.54) is 6.08 Å². The number of hydrogen-bond donors (Lipinski definition) is 0. The van der Waals surface area contributed by atoms with Crippen LogP contribution in [0.1, 0.15) is 38.7 Å². The quantitative estimate of drug-likeness (QED) is 0.316. The lowest BCUT2D eigenvalue weighted by Gasteiger charge is -2.05. The molecule has 1 aromatic rings. The van der Waals surface area contributed by atoms with E-state index in [-0.39, 0.29) is 5.57 Å². The summed E-state index contributed by atoms with van der Waals surface area (Å²) in [6, 6.07) is 9.13. The van der Waals surface area contributed by atoms with Crippen molar-refractivity contribution in [1.29, 1.82) is 5.26 Å². The van der Waals surface area contributed by atoms with Crippen LogP contribution >= 0.6 is 0 Å². The van der Waals surface area contributed by atoms with Crippen molar-refractivity contribution >= 4 is 12.0 Å². The van der Waals surface area contributed by atoms with Crippen molar-refractivity contribution in [2.45, 2.75) is 33.1 Å². The van der Waals surface area contributed by atoms with Gasteiger partial charge in [0.1, 0.15) is 17.4 Å². The Balaban J connectivity index is 2.69. The Bertz CT molecular complexity index is 512. The van der Waals surface area contributed by atoms with E-state index in [4.69, 9.17) is 14.7 Å². The highest BCUT2D eigenvalue weighted by Gasteiger charge is 2.10. The molecule has 0 saturated carbocycles. The molecule has 0 radical (unpaired) electrons. The summed E-state index contributed by atoms with van der Waals surface area (Å²) in [6.45, 7) is 5.07. The SMILES string of the molecule is CCCCOC(=O)/C(C#N)=C\c1ccc(OCCC)cc1. The van der Waals surface area contributed by atoms with Crippen LogP contribution in [0.2, 0.25) is 0 Å². The van der Waals surface area contributed by atoms with E-state index in [9.17, 15) is 4.79 Å². The Labute approximate surface area is 126 Å². The van der Waals surface area contributed by atoms with E-state index in [0.29, 0.717) is 13.2 Å². The highest BCUT2D eigenvalue weighted by molar-refractivity contribution is 5.97. The summed E-state index contributed by atoms with van der Waals surface area (Å²) in [6.07, 6.45) is 4.22. The Kier molecular flexibility index (Phi) is 7.67. The van der Waals surface area contributed by atoms with Gasteiger partial charge >= 0.3 is 5.97 Å². The minimum absolute atomic E-state index is 0.00771. The van der Waals surface area contributed by atoms with Gasteiger partial charge in [-0.1, -0.05) is 32.4 Å². The minimum Gasteiger partial charge on any atom is -0.494 e. The van der Waals surface area contributed by atoms with Crippen LogP contribution in [0.5, 0.6) is 5.75 Å². The van der Waals surface area contributed by atoms with E-state index >= 15 is 0 Å². The largest absolute Gasteiger partial charge is 0.494 e. The maximum Gasteiger partial charge on any atom is 0.348 e. The molecule has 1 aromatic carbocycles. The summed E-state index contributed by atoms with van der Waals surface area (Å²) < 4.78 is 10.5. The first-order valence-corrected chi connectivity index (χ1v) is 7.23.